The molecule has 2 nitrogen and oxygen atoms in total. The standard InChI is InChI=1S/C16H19NO/c1-2-13-6-3-4-9-16(13)14-7-5-8-15(12-14)18-11-10-17/h3-9,12H,2,10-11,17H2,1H3. The normalized spacial score (nSPS) is 10.3. The van der Waals surface area contributed by atoms with Crippen molar-refractivity contribution in [1.82, 2.24) is 0 Å². The van der Waals surface area contributed by atoms with Crippen LogP contribution in [0.1, 0.15) is 12.5 Å². The lowest BCUT2D eigenvalue weighted by Crippen LogP contribution is -2.10. The number of hydrogen-bond acceptors (Lipinski definition) is 2. The molecule has 0 radical (unpaired) electrons. The highest BCUT2D eigenvalue weighted by molar-refractivity contribution is 5.68. The fourth-order valence-electron chi connectivity index (χ4n) is 2.04. The topological polar surface area (TPSA) is 35.2 Å². The maximum absolute atomic E-state index is 5.57. The van der Waals surface area contributed by atoms with Crippen molar-refractivity contribution in [3.63, 3.8) is 0 Å². The van der Waals surface area contributed by atoms with Gasteiger partial charge in [-0.15, -0.1) is 0 Å². The Bertz CT molecular complexity index is 508. The molecule has 0 spiro atoms. The lowest BCUT2D eigenvalue weighted by atomic mass is 9.98. The Kier molecular flexibility index (Phi) is 4.37. The van der Waals surface area contributed by atoms with Crippen LogP contribution in [0.4, 0.5) is 0 Å². The summed E-state index contributed by atoms with van der Waals surface area (Å²) < 4.78 is 5.57. The summed E-state index contributed by atoms with van der Waals surface area (Å²) in [6.45, 7) is 3.27. The molecular formula is C16H19NO. The molecule has 0 saturated heterocycles. The lowest BCUT2D eigenvalue weighted by Gasteiger charge is -2.10. The Morgan fingerprint density at radius 1 is 1.06 bits per heavy atom. The van der Waals surface area contributed by atoms with Crippen LogP contribution < -0.4 is 10.5 Å². The van der Waals surface area contributed by atoms with Gasteiger partial charge in [0, 0.05) is 6.54 Å². The van der Waals surface area contributed by atoms with E-state index < -0.39 is 0 Å². The van der Waals surface area contributed by atoms with Crippen LogP contribution in [0.15, 0.2) is 48.5 Å². The molecule has 0 amide bonds. The average molecular weight is 241 g/mol. The summed E-state index contributed by atoms with van der Waals surface area (Å²) in [6.07, 6.45) is 1.03. The molecular weight excluding hydrogens is 222 g/mol. The molecule has 0 saturated carbocycles. The molecule has 0 aliphatic rings. The molecule has 0 aliphatic carbocycles. The van der Waals surface area contributed by atoms with Crippen LogP contribution in [0, 0.1) is 0 Å². The fraction of sp³-hybridized carbons (Fsp3) is 0.250. The van der Waals surface area contributed by atoms with Gasteiger partial charge < -0.3 is 10.5 Å². The molecule has 2 N–H and O–H groups in total. The third-order valence-corrected chi connectivity index (χ3v) is 2.93. The highest BCUT2D eigenvalue weighted by Crippen LogP contribution is 2.27. The first-order valence-electron chi connectivity index (χ1n) is 6.36. The number of rotatable bonds is 5. The molecule has 0 bridgehead atoms. The van der Waals surface area contributed by atoms with Crippen molar-refractivity contribution in [2.24, 2.45) is 5.73 Å². The molecule has 2 aromatic rings. The summed E-state index contributed by atoms with van der Waals surface area (Å²) >= 11 is 0. The zero-order chi connectivity index (χ0) is 12.8. The number of benzene rings is 2. The van der Waals surface area contributed by atoms with Gasteiger partial charge in [0.1, 0.15) is 12.4 Å². The number of ether oxygens (including phenoxy) is 1. The highest BCUT2D eigenvalue weighted by atomic mass is 16.5. The largest absolute Gasteiger partial charge is 0.492 e. The molecule has 0 unspecified atom stereocenters. The van der Waals surface area contributed by atoms with E-state index in [-0.39, 0.29) is 0 Å². The number of aryl methyl sites for hydroxylation is 1. The monoisotopic (exact) mass is 241 g/mol. The first-order chi connectivity index (χ1) is 8.85. The van der Waals surface area contributed by atoms with E-state index in [1.807, 2.05) is 12.1 Å². The van der Waals surface area contributed by atoms with E-state index in [2.05, 4.69) is 43.3 Å². The van der Waals surface area contributed by atoms with Gasteiger partial charge >= 0.3 is 0 Å². The van der Waals surface area contributed by atoms with Gasteiger partial charge in [0.25, 0.3) is 0 Å². The van der Waals surface area contributed by atoms with E-state index in [1.54, 1.807) is 0 Å². The van der Waals surface area contributed by atoms with Gasteiger partial charge in [0.15, 0.2) is 0 Å². The Morgan fingerprint density at radius 3 is 2.67 bits per heavy atom. The summed E-state index contributed by atoms with van der Waals surface area (Å²) in [7, 11) is 0. The second-order valence-corrected chi connectivity index (χ2v) is 4.18. The molecule has 18 heavy (non-hydrogen) atoms. The van der Waals surface area contributed by atoms with Crippen molar-refractivity contribution in [3.05, 3.63) is 54.1 Å². The maximum atomic E-state index is 5.57. The van der Waals surface area contributed by atoms with Crippen LogP contribution in [0.3, 0.4) is 0 Å². The van der Waals surface area contributed by atoms with Crippen molar-refractivity contribution in [3.8, 4) is 16.9 Å². The first kappa shape index (κ1) is 12.7. The molecule has 0 aliphatic heterocycles. The molecule has 0 atom stereocenters. The van der Waals surface area contributed by atoms with Crippen LogP contribution in [-0.2, 0) is 6.42 Å². The van der Waals surface area contributed by atoms with Gasteiger partial charge in [-0.3, -0.25) is 0 Å². The summed E-state index contributed by atoms with van der Waals surface area (Å²) in [5.41, 5.74) is 9.27. The van der Waals surface area contributed by atoms with Crippen LogP contribution in [-0.4, -0.2) is 13.2 Å². The van der Waals surface area contributed by atoms with Crippen molar-refractivity contribution < 1.29 is 4.74 Å². The molecule has 2 aromatic carbocycles. The van der Waals surface area contributed by atoms with Gasteiger partial charge in [0.05, 0.1) is 0 Å². The Balaban J connectivity index is 2.32. The average Bonchev–Trinajstić information content (AvgIpc) is 2.45. The number of hydrogen-bond donors (Lipinski definition) is 1. The third-order valence-electron chi connectivity index (χ3n) is 2.93. The minimum atomic E-state index is 0.537. The molecule has 0 aromatic heterocycles. The SMILES string of the molecule is CCc1ccccc1-c1cccc(OCCN)c1. The lowest BCUT2D eigenvalue weighted by molar-refractivity contribution is 0.328. The summed E-state index contributed by atoms with van der Waals surface area (Å²) in [4.78, 5) is 0. The maximum Gasteiger partial charge on any atom is 0.119 e. The van der Waals surface area contributed by atoms with Gasteiger partial charge in [-0.1, -0.05) is 43.3 Å². The fourth-order valence-corrected chi connectivity index (χ4v) is 2.04. The van der Waals surface area contributed by atoms with E-state index in [0.717, 1.165) is 12.2 Å². The Hall–Kier alpha value is -1.80. The van der Waals surface area contributed by atoms with Crippen molar-refractivity contribution >= 4 is 0 Å². The second-order valence-electron chi connectivity index (χ2n) is 4.18. The Morgan fingerprint density at radius 2 is 1.89 bits per heavy atom. The quantitative estimate of drug-likeness (QED) is 0.872. The van der Waals surface area contributed by atoms with Crippen LogP contribution in [0.2, 0.25) is 0 Å². The molecule has 0 fully saturated rings. The molecule has 2 rings (SSSR count). The zero-order valence-corrected chi connectivity index (χ0v) is 10.7. The van der Waals surface area contributed by atoms with E-state index in [4.69, 9.17) is 10.5 Å². The van der Waals surface area contributed by atoms with Crippen LogP contribution >= 0.6 is 0 Å². The summed E-state index contributed by atoms with van der Waals surface area (Å²) in [5.74, 6) is 0.879. The summed E-state index contributed by atoms with van der Waals surface area (Å²) in [6, 6.07) is 16.7. The van der Waals surface area contributed by atoms with Gasteiger partial charge in [-0.25, -0.2) is 0 Å². The van der Waals surface area contributed by atoms with E-state index in [9.17, 15) is 0 Å². The number of nitrogens with two attached hydrogens (primary N) is 1. The first-order valence-corrected chi connectivity index (χ1v) is 6.36. The van der Waals surface area contributed by atoms with E-state index in [0.29, 0.717) is 13.2 Å². The predicted molar refractivity (Wildman–Crippen MR) is 75.8 cm³/mol. The van der Waals surface area contributed by atoms with E-state index in [1.165, 1.54) is 16.7 Å². The van der Waals surface area contributed by atoms with Crippen LogP contribution in [0.5, 0.6) is 5.75 Å². The van der Waals surface area contributed by atoms with Gasteiger partial charge in [-0.2, -0.15) is 0 Å². The second kappa shape index (κ2) is 6.22. The zero-order valence-electron chi connectivity index (χ0n) is 10.7. The minimum absolute atomic E-state index is 0.537. The predicted octanol–water partition coefficient (Wildman–Crippen LogP) is 3.25. The van der Waals surface area contributed by atoms with Crippen molar-refractivity contribution in [2.45, 2.75) is 13.3 Å². The smallest absolute Gasteiger partial charge is 0.119 e. The van der Waals surface area contributed by atoms with Gasteiger partial charge in [0.2, 0.25) is 0 Å². The minimum Gasteiger partial charge on any atom is -0.492 e. The third kappa shape index (κ3) is 2.90. The van der Waals surface area contributed by atoms with Gasteiger partial charge in [-0.05, 0) is 35.2 Å². The molecule has 94 valence electrons. The summed E-state index contributed by atoms with van der Waals surface area (Å²) in [5, 5.41) is 0. The van der Waals surface area contributed by atoms with Crippen molar-refractivity contribution in [1.29, 1.82) is 0 Å². The highest BCUT2D eigenvalue weighted by Gasteiger charge is 2.04. The molecule has 0 heterocycles. The Labute approximate surface area is 108 Å². The van der Waals surface area contributed by atoms with Crippen LogP contribution in [0.25, 0.3) is 11.1 Å². The van der Waals surface area contributed by atoms with Crippen molar-refractivity contribution in [2.75, 3.05) is 13.2 Å². The van der Waals surface area contributed by atoms with E-state index >= 15 is 0 Å². The molecule has 2 heteroatoms.